The van der Waals surface area contributed by atoms with Gasteiger partial charge in [-0.15, -0.1) is 0 Å². The van der Waals surface area contributed by atoms with E-state index in [1.165, 1.54) is 7.11 Å². The van der Waals surface area contributed by atoms with Gasteiger partial charge in [-0.05, 0) is 6.42 Å². The Balaban J connectivity index is 2.19. The molecule has 0 aliphatic heterocycles. The van der Waals surface area contributed by atoms with Crippen LogP contribution in [0.4, 0.5) is 0 Å². The van der Waals surface area contributed by atoms with Gasteiger partial charge in [0.1, 0.15) is 0 Å². The van der Waals surface area contributed by atoms with Crippen LogP contribution in [-0.4, -0.2) is 33.1 Å². The molecule has 0 spiro atoms. The first kappa shape index (κ1) is 11.6. The highest BCUT2D eigenvalue weighted by molar-refractivity contribution is 5.75. The molecule has 4 heteroatoms. The zero-order valence-corrected chi connectivity index (χ0v) is 10.1. The number of hydrogen-bond acceptors (Lipinski definition) is 4. The Morgan fingerprint density at radius 1 is 1.31 bits per heavy atom. The fraction of sp³-hybridized carbons (Fsp3) is 0.750. The molecule has 0 aromatic heterocycles. The maximum Gasteiger partial charge on any atom is 0.312 e. The third kappa shape index (κ3) is 1.20. The summed E-state index contributed by atoms with van der Waals surface area (Å²) < 4.78 is 15.7. The normalized spacial score (nSPS) is 39.0. The maximum absolute atomic E-state index is 11.5. The highest BCUT2D eigenvalue weighted by Gasteiger charge is 2.76. The molecule has 2 rings (SSSR count). The lowest BCUT2D eigenvalue weighted by Gasteiger charge is -2.17. The summed E-state index contributed by atoms with van der Waals surface area (Å²) in [5.41, 5.74) is -0.110. The van der Waals surface area contributed by atoms with Crippen molar-refractivity contribution in [2.24, 2.45) is 17.3 Å². The van der Waals surface area contributed by atoms with Crippen LogP contribution in [0.1, 0.15) is 13.3 Å². The van der Waals surface area contributed by atoms with Crippen LogP contribution in [0.5, 0.6) is 0 Å². The molecule has 0 amide bonds. The molecule has 16 heavy (non-hydrogen) atoms. The molecule has 0 saturated heterocycles. The Labute approximate surface area is 95.6 Å². The molecule has 0 bridgehead atoms. The van der Waals surface area contributed by atoms with Gasteiger partial charge in [0, 0.05) is 25.6 Å². The summed E-state index contributed by atoms with van der Waals surface area (Å²) in [5.74, 6) is -0.697. The molecule has 1 saturated carbocycles. The SMILES string of the molecule is COC(=O)[C@H]1C=C[C@@]2(C)[C@@H](C1)C2(OC)OC. The van der Waals surface area contributed by atoms with E-state index in [4.69, 9.17) is 14.2 Å². The smallest absolute Gasteiger partial charge is 0.312 e. The minimum absolute atomic E-state index is 0.110. The van der Waals surface area contributed by atoms with Gasteiger partial charge in [-0.2, -0.15) is 0 Å². The zero-order chi connectivity index (χ0) is 12.0. The second-order valence-electron chi connectivity index (χ2n) is 4.64. The molecule has 0 N–H and O–H groups in total. The van der Waals surface area contributed by atoms with Gasteiger partial charge in [0.15, 0.2) is 5.79 Å². The molecule has 0 heterocycles. The second-order valence-corrected chi connectivity index (χ2v) is 4.64. The Hall–Kier alpha value is -0.870. The van der Waals surface area contributed by atoms with Gasteiger partial charge < -0.3 is 14.2 Å². The summed E-state index contributed by atoms with van der Waals surface area (Å²) in [7, 11) is 4.71. The average molecular weight is 226 g/mol. The summed E-state index contributed by atoms with van der Waals surface area (Å²) >= 11 is 0. The Kier molecular flexibility index (Phi) is 2.59. The third-order valence-corrected chi connectivity index (χ3v) is 4.12. The number of fused-ring (bicyclic) bond motifs is 1. The highest BCUT2D eigenvalue weighted by atomic mass is 16.7. The first-order valence-corrected chi connectivity index (χ1v) is 5.43. The zero-order valence-electron chi connectivity index (χ0n) is 10.1. The van der Waals surface area contributed by atoms with E-state index in [2.05, 4.69) is 6.92 Å². The predicted octanol–water partition coefficient (Wildman–Crippen LogP) is 1.36. The molecule has 2 aliphatic carbocycles. The van der Waals surface area contributed by atoms with Crippen molar-refractivity contribution in [1.29, 1.82) is 0 Å². The number of rotatable bonds is 3. The highest BCUT2D eigenvalue weighted by Crippen LogP contribution is 2.69. The van der Waals surface area contributed by atoms with Gasteiger partial charge in [-0.1, -0.05) is 19.1 Å². The topological polar surface area (TPSA) is 44.8 Å². The molecule has 0 unspecified atom stereocenters. The summed E-state index contributed by atoms with van der Waals surface area (Å²) in [6.07, 6.45) is 4.65. The van der Waals surface area contributed by atoms with Crippen LogP contribution in [0.15, 0.2) is 12.2 Å². The number of esters is 1. The minimum Gasteiger partial charge on any atom is -0.469 e. The fourth-order valence-electron chi connectivity index (χ4n) is 3.08. The van der Waals surface area contributed by atoms with Crippen molar-refractivity contribution in [2.45, 2.75) is 19.1 Å². The Morgan fingerprint density at radius 3 is 2.44 bits per heavy atom. The second kappa shape index (κ2) is 3.57. The van der Waals surface area contributed by atoms with Crippen molar-refractivity contribution in [3.05, 3.63) is 12.2 Å². The fourth-order valence-corrected chi connectivity index (χ4v) is 3.08. The first-order chi connectivity index (χ1) is 7.55. The van der Waals surface area contributed by atoms with Gasteiger partial charge in [0.05, 0.1) is 13.0 Å². The monoisotopic (exact) mass is 226 g/mol. The predicted molar refractivity (Wildman–Crippen MR) is 57.6 cm³/mol. The number of carbonyl (C=O) groups is 1. The van der Waals surface area contributed by atoms with Crippen LogP contribution in [0, 0.1) is 17.3 Å². The van der Waals surface area contributed by atoms with Crippen molar-refractivity contribution in [3.63, 3.8) is 0 Å². The molecule has 4 nitrogen and oxygen atoms in total. The van der Waals surface area contributed by atoms with E-state index in [9.17, 15) is 4.79 Å². The van der Waals surface area contributed by atoms with E-state index >= 15 is 0 Å². The largest absolute Gasteiger partial charge is 0.469 e. The number of methoxy groups -OCH3 is 3. The minimum atomic E-state index is -0.563. The van der Waals surface area contributed by atoms with Crippen LogP contribution in [0.25, 0.3) is 0 Å². The molecule has 0 aromatic rings. The van der Waals surface area contributed by atoms with E-state index < -0.39 is 5.79 Å². The van der Waals surface area contributed by atoms with E-state index in [1.54, 1.807) is 14.2 Å². The summed E-state index contributed by atoms with van der Waals surface area (Å²) in [4.78, 5) is 11.5. The van der Waals surface area contributed by atoms with Gasteiger partial charge in [0.2, 0.25) is 0 Å². The van der Waals surface area contributed by atoms with Gasteiger partial charge in [0.25, 0.3) is 0 Å². The Morgan fingerprint density at radius 2 is 1.94 bits per heavy atom. The quantitative estimate of drug-likeness (QED) is 0.414. The van der Waals surface area contributed by atoms with Crippen LogP contribution >= 0.6 is 0 Å². The third-order valence-electron chi connectivity index (χ3n) is 4.12. The van der Waals surface area contributed by atoms with Crippen molar-refractivity contribution in [3.8, 4) is 0 Å². The molecule has 0 radical (unpaired) electrons. The van der Waals surface area contributed by atoms with E-state index in [-0.39, 0.29) is 23.2 Å². The van der Waals surface area contributed by atoms with Gasteiger partial charge in [-0.25, -0.2) is 0 Å². The molecule has 0 aromatic carbocycles. The Bertz CT molecular complexity index is 332. The summed E-state index contributed by atoms with van der Waals surface area (Å²) in [6.45, 7) is 2.09. The van der Waals surface area contributed by atoms with Gasteiger partial charge in [-0.3, -0.25) is 4.79 Å². The molecular weight excluding hydrogens is 208 g/mol. The van der Waals surface area contributed by atoms with E-state index in [1.807, 2.05) is 12.2 Å². The lowest BCUT2D eigenvalue weighted by Crippen LogP contribution is -2.22. The summed E-state index contributed by atoms with van der Waals surface area (Å²) in [5, 5.41) is 0. The van der Waals surface area contributed by atoms with Crippen LogP contribution in [0.3, 0.4) is 0 Å². The van der Waals surface area contributed by atoms with Crippen LogP contribution in [0.2, 0.25) is 0 Å². The molecule has 1 fully saturated rings. The van der Waals surface area contributed by atoms with Crippen LogP contribution in [-0.2, 0) is 19.0 Å². The van der Waals surface area contributed by atoms with E-state index in [0.29, 0.717) is 0 Å². The van der Waals surface area contributed by atoms with Gasteiger partial charge >= 0.3 is 5.97 Å². The molecular formula is C12H18O4. The average Bonchev–Trinajstić information content (AvgIpc) is 2.86. The number of ether oxygens (including phenoxy) is 3. The molecule has 2 aliphatic rings. The molecule has 3 atom stereocenters. The number of hydrogen-bond donors (Lipinski definition) is 0. The van der Waals surface area contributed by atoms with Crippen LogP contribution < -0.4 is 0 Å². The summed E-state index contributed by atoms with van der Waals surface area (Å²) in [6, 6.07) is 0. The van der Waals surface area contributed by atoms with E-state index in [0.717, 1.165) is 6.42 Å². The molecule has 90 valence electrons. The van der Waals surface area contributed by atoms with Crippen molar-refractivity contribution < 1.29 is 19.0 Å². The standard InChI is InChI=1S/C12H18O4/c1-11-6-5-8(10(13)14-2)7-9(11)12(11,15-3)16-4/h5-6,8-9H,7H2,1-4H3/t8-,9+,11-/m0/s1. The van der Waals surface area contributed by atoms with Crippen molar-refractivity contribution >= 4 is 5.97 Å². The first-order valence-electron chi connectivity index (χ1n) is 5.43. The van der Waals surface area contributed by atoms with Crippen molar-refractivity contribution in [2.75, 3.05) is 21.3 Å². The lowest BCUT2D eigenvalue weighted by atomic mass is 9.90. The maximum atomic E-state index is 11.5. The van der Waals surface area contributed by atoms with Crippen molar-refractivity contribution in [1.82, 2.24) is 0 Å². The number of carbonyl (C=O) groups excluding carboxylic acids is 1. The lowest BCUT2D eigenvalue weighted by molar-refractivity contribution is -0.157.